The van der Waals surface area contributed by atoms with Crippen LogP contribution in [0.2, 0.25) is 0 Å². The summed E-state index contributed by atoms with van der Waals surface area (Å²) in [6.45, 7) is 0.139. The molecule has 0 bridgehead atoms. The van der Waals surface area contributed by atoms with Crippen molar-refractivity contribution in [3.63, 3.8) is 0 Å². The summed E-state index contributed by atoms with van der Waals surface area (Å²) >= 11 is 3.22. The number of hydrogen-bond acceptors (Lipinski definition) is 3. The highest BCUT2D eigenvalue weighted by Gasteiger charge is 2.11. The Labute approximate surface area is 173 Å². The topological polar surface area (TPSA) is 74.3 Å². The van der Waals surface area contributed by atoms with Crippen LogP contribution in [-0.2, 0) is 24.4 Å². The number of halogens is 3. The van der Waals surface area contributed by atoms with Gasteiger partial charge < -0.3 is 15.0 Å². The average molecular weight is 463 g/mol. The first kappa shape index (κ1) is 20.7. The zero-order chi connectivity index (χ0) is 21.0. The van der Waals surface area contributed by atoms with Crippen molar-refractivity contribution in [2.75, 3.05) is 0 Å². The Morgan fingerprint density at radius 2 is 1.86 bits per heavy atom. The van der Waals surface area contributed by atoms with Crippen LogP contribution in [0.3, 0.4) is 0 Å². The molecule has 0 saturated heterocycles. The van der Waals surface area contributed by atoms with Gasteiger partial charge >= 0.3 is 0 Å². The standard InChI is InChI=1S/C21H17BrF2N2O3/c22-20-18(29-12-15-4-5-16(23)10-17(15)24)6-7-26(21(20)28)11-14-3-1-2-13(8-14)9-19(25)27/h1-8,10H,9,11-12H2,(H2,25,27). The van der Waals surface area contributed by atoms with Gasteiger partial charge in [0.1, 0.15) is 28.5 Å². The fourth-order valence-corrected chi connectivity index (χ4v) is 3.27. The van der Waals surface area contributed by atoms with E-state index in [1.54, 1.807) is 24.4 Å². The van der Waals surface area contributed by atoms with Crippen LogP contribution < -0.4 is 16.0 Å². The largest absolute Gasteiger partial charge is 0.487 e. The van der Waals surface area contributed by atoms with Crippen molar-refractivity contribution in [3.8, 4) is 5.75 Å². The van der Waals surface area contributed by atoms with E-state index in [2.05, 4.69) is 15.9 Å². The van der Waals surface area contributed by atoms with Crippen LogP contribution in [0.5, 0.6) is 5.75 Å². The predicted molar refractivity (Wildman–Crippen MR) is 108 cm³/mol. The van der Waals surface area contributed by atoms with Crippen LogP contribution in [0, 0.1) is 11.6 Å². The highest BCUT2D eigenvalue weighted by atomic mass is 79.9. The van der Waals surface area contributed by atoms with Crippen molar-refractivity contribution in [3.05, 3.63) is 97.9 Å². The maximum Gasteiger partial charge on any atom is 0.268 e. The lowest BCUT2D eigenvalue weighted by Crippen LogP contribution is -2.21. The Morgan fingerprint density at radius 1 is 1.10 bits per heavy atom. The van der Waals surface area contributed by atoms with Crippen LogP contribution >= 0.6 is 15.9 Å². The molecule has 1 heterocycles. The average Bonchev–Trinajstić information content (AvgIpc) is 2.66. The first-order valence-electron chi connectivity index (χ1n) is 8.65. The van der Waals surface area contributed by atoms with Gasteiger partial charge in [-0.15, -0.1) is 0 Å². The molecule has 0 aliphatic carbocycles. The number of nitrogens with zero attached hydrogens (tertiary/aromatic N) is 1. The Balaban J connectivity index is 1.75. The van der Waals surface area contributed by atoms with Crippen molar-refractivity contribution in [1.82, 2.24) is 4.57 Å². The molecule has 1 amide bonds. The van der Waals surface area contributed by atoms with Gasteiger partial charge in [-0.25, -0.2) is 8.78 Å². The van der Waals surface area contributed by atoms with Gasteiger partial charge in [0, 0.05) is 17.8 Å². The molecule has 0 aliphatic heterocycles. The third kappa shape index (κ3) is 5.29. The van der Waals surface area contributed by atoms with Crippen LogP contribution in [-0.4, -0.2) is 10.5 Å². The SMILES string of the molecule is NC(=O)Cc1cccc(Cn2ccc(OCc3ccc(F)cc3F)c(Br)c2=O)c1. The number of primary amides is 1. The normalized spacial score (nSPS) is 10.7. The van der Waals surface area contributed by atoms with Crippen LogP contribution in [0.25, 0.3) is 0 Å². The number of hydrogen-bond donors (Lipinski definition) is 1. The maximum absolute atomic E-state index is 13.7. The Bertz CT molecular complexity index is 1120. The summed E-state index contributed by atoms with van der Waals surface area (Å²) in [6.07, 6.45) is 1.68. The van der Waals surface area contributed by atoms with Crippen molar-refractivity contribution in [2.24, 2.45) is 5.73 Å². The second-order valence-electron chi connectivity index (χ2n) is 6.41. The molecule has 0 aliphatic rings. The molecule has 29 heavy (non-hydrogen) atoms. The predicted octanol–water partition coefficient (Wildman–Crippen LogP) is 3.54. The smallest absolute Gasteiger partial charge is 0.268 e. The van der Waals surface area contributed by atoms with Gasteiger partial charge in [0.05, 0.1) is 13.0 Å². The number of aromatic nitrogens is 1. The molecule has 2 N–H and O–H groups in total. The van der Waals surface area contributed by atoms with Crippen molar-refractivity contribution in [2.45, 2.75) is 19.6 Å². The molecule has 0 saturated carbocycles. The second kappa shape index (κ2) is 9.00. The van der Waals surface area contributed by atoms with E-state index >= 15 is 0 Å². The first-order chi connectivity index (χ1) is 13.8. The van der Waals surface area contributed by atoms with Crippen LogP contribution in [0.4, 0.5) is 8.78 Å². The lowest BCUT2D eigenvalue weighted by molar-refractivity contribution is -0.117. The molecule has 0 fully saturated rings. The second-order valence-corrected chi connectivity index (χ2v) is 7.21. The van der Waals surface area contributed by atoms with E-state index in [1.165, 1.54) is 10.6 Å². The lowest BCUT2D eigenvalue weighted by atomic mass is 10.1. The third-order valence-electron chi connectivity index (χ3n) is 4.19. The van der Waals surface area contributed by atoms with Gasteiger partial charge in [-0.05, 0) is 45.3 Å². The van der Waals surface area contributed by atoms with Gasteiger partial charge in [-0.1, -0.05) is 24.3 Å². The van der Waals surface area contributed by atoms with Gasteiger partial charge in [-0.3, -0.25) is 9.59 Å². The van der Waals surface area contributed by atoms with Gasteiger partial charge in [-0.2, -0.15) is 0 Å². The zero-order valence-corrected chi connectivity index (χ0v) is 16.8. The summed E-state index contributed by atoms with van der Waals surface area (Å²) in [7, 11) is 0. The third-order valence-corrected chi connectivity index (χ3v) is 4.92. The first-order valence-corrected chi connectivity index (χ1v) is 9.44. The Kier molecular flexibility index (Phi) is 6.43. The summed E-state index contributed by atoms with van der Waals surface area (Å²) in [5.74, 6) is -1.57. The summed E-state index contributed by atoms with van der Waals surface area (Å²) in [6, 6.07) is 12.0. The number of carbonyl (C=O) groups excluding carboxylic acids is 1. The van der Waals surface area contributed by atoms with E-state index in [1.807, 2.05) is 12.1 Å². The minimum Gasteiger partial charge on any atom is -0.487 e. The molecule has 5 nitrogen and oxygen atoms in total. The Hall–Kier alpha value is -3.00. The van der Waals surface area contributed by atoms with Gasteiger partial charge in [0.2, 0.25) is 5.91 Å². The van der Waals surface area contributed by atoms with Gasteiger partial charge in [0.25, 0.3) is 5.56 Å². The minimum atomic E-state index is -0.717. The van der Waals surface area contributed by atoms with E-state index < -0.39 is 17.5 Å². The Morgan fingerprint density at radius 3 is 2.59 bits per heavy atom. The van der Waals surface area contributed by atoms with Crippen LogP contribution in [0.15, 0.2) is 64.0 Å². The maximum atomic E-state index is 13.7. The number of carbonyl (C=O) groups is 1. The van der Waals surface area contributed by atoms with Crippen LogP contribution in [0.1, 0.15) is 16.7 Å². The lowest BCUT2D eigenvalue weighted by Gasteiger charge is -2.12. The molecular formula is C21H17BrF2N2O3. The quantitative estimate of drug-likeness (QED) is 0.583. The summed E-state index contributed by atoms with van der Waals surface area (Å²) in [4.78, 5) is 23.7. The number of rotatable bonds is 7. The molecule has 150 valence electrons. The minimum absolute atomic E-state index is 0.124. The molecule has 1 aromatic heterocycles. The number of benzene rings is 2. The highest BCUT2D eigenvalue weighted by Crippen LogP contribution is 2.22. The fraction of sp³-hybridized carbons (Fsp3) is 0.143. The van der Waals surface area contributed by atoms with E-state index in [-0.39, 0.29) is 40.9 Å². The van der Waals surface area contributed by atoms with Crippen molar-refractivity contribution >= 4 is 21.8 Å². The fourth-order valence-electron chi connectivity index (χ4n) is 2.80. The summed E-state index contributed by atoms with van der Waals surface area (Å²) in [5.41, 5.74) is 6.66. The van der Waals surface area contributed by atoms with E-state index in [9.17, 15) is 18.4 Å². The van der Waals surface area contributed by atoms with Gasteiger partial charge in [0.15, 0.2) is 0 Å². The van der Waals surface area contributed by atoms with Crippen molar-refractivity contribution < 1.29 is 18.3 Å². The molecule has 3 aromatic rings. The van der Waals surface area contributed by atoms with E-state index in [4.69, 9.17) is 10.5 Å². The number of pyridine rings is 1. The molecular weight excluding hydrogens is 446 g/mol. The molecule has 0 atom stereocenters. The number of amides is 1. The zero-order valence-electron chi connectivity index (χ0n) is 15.2. The monoisotopic (exact) mass is 462 g/mol. The molecule has 3 rings (SSSR count). The molecule has 0 spiro atoms. The molecule has 0 radical (unpaired) electrons. The summed E-state index contributed by atoms with van der Waals surface area (Å²) < 4.78 is 33.9. The summed E-state index contributed by atoms with van der Waals surface area (Å²) in [5, 5.41) is 0. The molecule has 0 unspecified atom stereocenters. The number of ether oxygens (including phenoxy) is 1. The molecule has 2 aromatic carbocycles. The van der Waals surface area contributed by atoms with E-state index in [0.717, 1.165) is 23.3 Å². The number of nitrogens with two attached hydrogens (primary N) is 1. The van der Waals surface area contributed by atoms with Crippen molar-refractivity contribution in [1.29, 1.82) is 0 Å². The van der Waals surface area contributed by atoms with E-state index in [0.29, 0.717) is 0 Å². The highest BCUT2D eigenvalue weighted by molar-refractivity contribution is 9.10. The molecule has 8 heteroatoms.